The Morgan fingerprint density at radius 2 is 2.12 bits per heavy atom. The number of aromatic nitrogens is 3. The fourth-order valence-electron chi connectivity index (χ4n) is 3.04. The monoisotopic (exact) mass is 328 g/mol. The predicted molar refractivity (Wildman–Crippen MR) is 94.2 cm³/mol. The van der Waals surface area contributed by atoms with Crippen LogP contribution in [0.2, 0.25) is 0 Å². The van der Waals surface area contributed by atoms with Gasteiger partial charge in [0.1, 0.15) is 5.82 Å². The van der Waals surface area contributed by atoms with E-state index in [1.54, 1.807) is 10.7 Å². The number of aryl methyl sites for hydroxylation is 1. The van der Waals surface area contributed by atoms with E-state index in [-0.39, 0.29) is 12.1 Å². The number of hydrogen-bond donors (Lipinski definition) is 2. The van der Waals surface area contributed by atoms with Gasteiger partial charge in [-0.05, 0) is 38.8 Å². The highest BCUT2D eigenvalue weighted by atomic mass is 16.2. The van der Waals surface area contributed by atoms with Crippen LogP contribution in [-0.2, 0) is 0 Å². The Labute approximate surface area is 141 Å². The lowest BCUT2D eigenvalue weighted by atomic mass is 10.0. The number of pyridine rings is 1. The summed E-state index contributed by atoms with van der Waals surface area (Å²) in [6.45, 7) is 10.8. The van der Waals surface area contributed by atoms with Gasteiger partial charge in [0.2, 0.25) is 0 Å². The fraction of sp³-hybridized carbons (Fsp3) is 0.471. The Hall–Kier alpha value is -2.41. The van der Waals surface area contributed by atoms with Crippen molar-refractivity contribution in [3.8, 4) is 0 Å². The lowest BCUT2D eigenvalue weighted by Gasteiger charge is -2.32. The van der Waals surface area contributed by atoms with Crippen LogP contribution in [0.15, 0.2) is 30.5 Å². The predicted octanol–water partition coefficient (Wildman–Crippen LogP) is 2.20. The van der Waals surface area contributed by atoms with Crippen LogP contribution in [0.1, 0.15) is 25.6 Å². The first-order valence-electron chi connectivity index (χ1n) is 8.27. The third-order valence-electron chi connectivity index (χ3n) is 4.11. The van der Waals surface area contributed by atoms with E-state index in [9.17, 15) is 4.79 Å². The zero-order valence-corrected chi connectivity index (χ0v) is 14.2. The third-order valence-corrected chi connectivity index (χ3v) is 4.11. The minimum atomic E-state index is -0.176. The van der Waals surface area contributed by atoms with Crippen LogP contribution in [0.3, 0.4) is 0 Å². The zero-order valence-electron chi connectivity index (χ0n) is 14.2. The molecule has 2 aromatic rings. The maximum absolute atomic E-state index is 12.2. The average molecular weight is 328 g/mol. The third kappa shape index (κ3) is 4.11. The van der Waals surface area contributed by atoms with Crippen LogP contribution < -0.4 is 10.6 Å². The summed E-state index contributed by atoms with van der Waals surface area (Å²) >= 11 is 0. The van der Waals surface area contributed by atoms with E-state index in [1.165, 1.54) is 5.57 Å². The minimum absolute atomic E-state index is 0.176. The van der Waals surface area contributed by atoms with Crippen molar-refractivity contribution >= 4 is 17.4 Å². The van der Waals surface area contributed by atoms with Gasteiger partial charge in [-0.2, -0.15) is 5.10 Å². The molecular formula is C17H24N6O. The van der Waals surface area contributed by atoms with E-state index in [2.05, 4.69) is 32.2 Å². The molecule has 1 fully saturated rings. The molecule has 0 atom stereocenters. The second-order valence-electron chi connectivity index (χ2n) is 6.49. The first kappa shape index (κ1) is 16.4. The molecule has 0 aromatic carbocycles. The quantitative estimate of drug-likeness (QED) is 0.844. The van der Waals surface area contributed by atoms with Crippen molar-refractivity contribution in [2.24, 2.45) is 0 Å². The van der Waals surface area contributed by atoms with Gasteiger partial charge in [-0.25, -0.2) is 14.3 Å². The highest BCUT2D eigenvalue weighted by molar-refractivity contribution is 5.89. The number of anilines is 1. The number of amides is 2. The van der Waals surface area contributed by atoms with Gasteiger partial charge < -0.3 is 10.6 Å². The number of nitrogens with one attached hydrogen (secondary N) is 2. The molecule has 1 saturated heterocycles. The molecule has 2 N–H and O–H groups in total. The number of piperidine rings is 1. The van der Waals surface area contributed by atoms with Crippen LogP contribution in [0.5, 0.6) is 0 Å². The second-order valence-corrected chi connectivity index (χ2v) is 6.49. The van der Waals surface area contributed by atoms with Crippen molar-refractivity contribution in [2.45, 2.75) is 32.7 Å². The molecule has 3 rings (SSSR count). The smallest absolute Gasteiger partial charge is 0.319 e. The van der Waals surface area contributed by atoms with Crippen LogP contribution in [0.4, 0.5) is 10.5 Å². The summed E-state index contributed by atoms with van der Waals surface area (Å²) in [4.78, 5) is 18.8. The number of rotatable bonds is 4. The molecular weight excluding hydrogens is 304 g/mol. The highest BCUT2D eigenvalue weighted by Crippen LogP contribution is 2.13. The van der Waals surface area contributed by atoms with Crippen LogP contribution in [0, 0.1) is 6.92 Å². The number of carbonyl (C=O) groups excluding carboxylic acids is 1. The summed E-state index contributed by atoms with van der Waals surface area (Å²) in [7, 11) is 0. The molecule has 0 bridgehead atoms. The SMILES string of the molecule is C=C(C)CN1CCC(NC(=O)Nc2ccc3nc(C)nn3c2)CC1. The Morgan fingerprint density at radius 3 is 2.83 bits per heavy atom. The van der Waals surface area contributed by atoms with Crippen molar-refractivity contribution in [1.29, 1.82) is 0 Å². The fourth-order valence-corrected chi connectivity index (χ4v) is 3.04. The molecule has 2 aromatic heterocycles. The summed E-state index contributed by atoms with van der Waals surface area (Å²) < 4.78 is 1.67. The Kier molecular flexibility index (Phi) is 4.80. The van der Waals surface area contributed by atoms with Crippen LogP contribution in [-0.4, -0.2) is 51.2 Å². The van der Waals surface area contributed by atoms with Crippen molar-refractivity contribution in [1.82, 2.24) is 24.8 Å². The average Bonchev–Trinajstić information content (AvgIpc) is 2.88. The van der Waals surface area contributed by atoms with Gasteiger partial charge in [0.25, 0.3) is 0 Å². The molecule has 128 valence electrons. The molecule has 0 spiro atoms. The van der Waals surface area contributed by atoms with Gasteiger partial charge in [-0.3, -0.25) is 4.90 Å². The second kappa shape index (κ2) is 7.00. The molecule has 7 nitrogen and oxygen atoms in total. The number of likely N-dealkylation sites (tertiary alicyclic amines) is 1. The van der Waals surface area contributed by atoms with E-state index in [0.29, 0.717) is 11.5 Å². The Balaban J connectivity index is 1.51. The van der Waals surface area contributed by atoms with Gasteiger partial charge >= 0.3 is 6.03 Å². The maximum atomic E-state index is 12.2. The van der Waals surface area contributed by atoms with Crippen molar-refractivity contribution in [3.63, 3.8) is 0 Å². The van der Waals surface area contributed by atoms with E-state index < -0.39 is 0 Å². The standard InChI is InChI=1S/C17H24N6O/c1-12(2)10-22-8-6-14(7-9-22)19-17(24)20-15-4-5-16-18-13(3)21-23(16)11-15/h4-5,11,14H,1,6-10H2,2-3H3,(H2,19,20,24). The summed E-state index contributed by atoms with van der Waals surface area (Å²) in [5, 5.41) is 10.2. The van der Waals surface area contributed by atoms with E-state index in [4.69, 9.17) is 0 Å². The van der Waals surface area contributed by atoms with Gasteiger partial charge in [0, 0.05) is 25.7 Å². The normalized spacial score (nSPS) is 16.2. The van der Waals surface area contributed by atoms with E-state index in [1.807, 2.05) is 26.0 Å². The summed E-state index contributed by atoms with van der Waals surface area (Å²) in [5.41, 5.74) is 2.64. The molecule has 0 aliphatic carbocycles. The summed E-state index contributed by atoms with van der Waals surface area (Å²) in [6.07, 6.45) is 3.69. The van der Waals surface area contributed by atoms with E-state index in [0.717, 1.165) is 38.1 Å². The molecule has 2 amide bonds. The zero-order chi connectivity index (χ0) is 17.1. The topological polar surface area (TPSA) is 74.6 Å². The number of nitrogens with zero attached hydrogens (tertiary/aromatic N) is 4. The lowest BCUT2D eigenvalue weighted by Crippen LogP contribution is -2.46. The number of fused-ring (bicyclic) bond motifs is 1. The minimum Gasteiger partial charge on any atom is -0.335 e. The Morgan fingerprint density at radius 1 is 1.38 bits per heavy atom. The molecule has 1 aliphatic rings. The van der Waals surface area contributed by atoms with Gasteiger partial charge in [-0.1, -0.05) is 12.2 Å². The number of hydrogen-bond acceptors (Lipinski definition) is 4. The highest BCUT2D eigenvalue weighted by Gasteiger charge is 2.20. The van der Waals surface area contributed by atoms with Gasteiger partial charge in [-0.15, -0.1) is 0 Å². The van der Waals surface area contributed by atoms with E-state index >= 15 is 0 Å². The van der Waals surface area contributed by atoms with Gasteiger partial charge in [0.15, 0.2) is 5.65 Å². The molecule has 1 aliphatic heterocycles. The van der Waals surface area contributed by atoms with Crippen molar-refractivity contribution in [3.05, 3.63) is 36.3 Å². The first-order chi connectivity index (χ1) is 11.5. The van der Waals surface area contributed by atoms with Gasteiger partial charge in [0.05, 0.1) is 11.9 Å². The van der Waals surface area contributed by atoms with Crippen molar-refractivity contribution in [2.75, 3.05) is 25.0 Å². The van der Waals surface area contributed by atoms with Crippen LogP contribution in [0.25, 0.3) is 5.65 Å². The molecule has 3 heterocycles. The molecule has 0 unspecified atom stereocenters. The number of urea groups is 1. The molecule has 0 radical (unpaired) electrons. The Bertz CT molecular complexity index is 745. The number of carbonyl (C=O) groups is 1. The first-order valence-corrected chi connectivity index (χ1v) is 8.27. The van der Waals surface area contributed by atoms with Crippen LogP contribution >= 0.6 is 0 Å². The lowest BCUT2D eigenvalue weighted by molar-refractivity contribution is 0.207. The molecule has 7 heteroatoms. The largest absolute Gasteiger partial charge is 0.335 e. The van der Waals surface area contributed by atoms with Crippen molar-refractivity contribution < 1.29 is 4.79 Å². The summed E-state index contributed by atoms with van der Waals surface area (Å²) in [5.74, 6) is 0.707. The maximum Gasteiger partial charge on any atom is 0.319 e. The molecule has 0 saturated carbocycles. The molecule has 24 heavy (non-hydrogen) atoms. The summed E-state index contributed by atoms with van der Waals surface area (Å²) in [6, 6.07) is 3.71.